The van der Waals surface area contributed by atoms with Crippen LogP contribution in [0.4, 0.5) is 4.39 Å². The second kappa shape index (κ2) is 6.89. The molecule has 2 aromatic carbocycles. The lowest BCUT2D eigenvalue weighted by atomic mass is 10.1. The van der Waals surface area contributed by atoms with Crippen molar-refractivity contribution in [3.63, 3.8) is 0 Å². The Kier molecular flexibility index (Phi) is 5.12. The average Bonchev–Trinajstić information content (AvgIpc) is 2.49. The predicted molar refractivity (Wildman–Crippen MR) is 83.9 cm³/mol. The zero-order valence-electron chi connectivity index (χ0n) is 12.4. The average molecular weight is 337 g/mol. The largest absolute Gasteiger partial charge is 0.478 e. The van der Waals surface area contributed by atoms with Gasteiger partial charge in [0.1, 0.15) is 5.82 Å². The number of rotatable bonds is 6. The lowest BCUT2D eigenvalue weighted by Crippen LogP contribution is -2.27. The summed E-state index contributed by atoms with van der Waals surface area (Å²) in [5, 5.41) is 8.83. The Bertz CT molecular complexity index is 786. The van der Waals surface area contributed by atoms with Crippen molar-refractivity contribution >= 4 is 16.0 Å². The van der Waals surface area contributed by atoms with Crippen molar-refractivity contribution in [1.29, 1.82) is 0 Å². The summed E-state index contributed by atoms with van der Waals surface area (Å²) in [5.74, 6) is -1.67. The van der Waals surface area contributed by atoms with E-state index in [-0.39, 0.29) is 23.7 Å². The van der Waals surface area contributed by atoms with Gasteiger partial charge < -0.3 is 5.11 Å². The van der Waals surface area contributed by atoms with Crippen molar-refractivity contribution in [1.82, 2.24) is 4.31 Å². The number of hydrogen-bond donors (Lipinski definition) is 1. The molecule has 0 amide bonds. The van der Waals surface area contributed by atoms with Crippen LogP contribution in [0.2, 0.25) is 0 Å². The van der Waals surface area contributed by atoms with Crippen molar-refractivity contribution in [2.24, 2.45) is 0 Å². The molecule has 0 aliphatic carbocycles. The van der Waals surface area contributed by atoms with E-state index in [1.807, 2.05) is 0 Å². The van der Waals surface area contributed by atoms with Crippen LogP contribution in [0.1, 0.15) is 21.5 Å². The normalized spacial score (nSPS) is 11.6. The van der Waals surface area contributed by atoms with Crippen molar-refractivity contribution < 1.29 is 22.7 Å². The van der Waals surface area contributed by atoms with Crippen LogP contribution in [0.3, 0.4) is 0 Å². The maximum absolute atomic E-state index is 12.9. The van der Waals surface area contributed by atoms with Gasteiger partial charge in [-0.05, 0) is 35.4 Å². The van der Waals surface area contributed by atoms with E-state index in [1.165, 1.54) is 59.9 Å². The minimum absolute atomic E-state index is 0.103. The Balaban J connectivity index is 2.08. The molecule has 2 rings (SSSR count). The van der Waals surface area contributed by atoms with Crippen molar-refractivity contribution in [2.75, 3.05) is 7.05 Å². The van der Waals surface area contributed by atoms with E-state index in [2.05, 4.69) is 0 Å². The zero-order chi connectivity index (χ0) is 17.0. The fraction of sp³-hybridized carbons (Fsp3) is 0.188. The first-order chi connectivity index (χ1) is 10.8. The van der Waals surface area contributed by atoms with E-state index in [0.717, 1.165) is 0 Å². The van der Waals surface area contributed by atoms with E-state index < -0.39 is 16.0 Å². The Hall–Kier alpha value is -2.25. The fourth-order valence-corrected chi connectivity index (χ4v) is 3.19. The number of carboxylic acid groups (broad SMARTS) is 1. The summed E-state index contributed by atoms with van der Waals surface area (Å²) in [6.45, 7) is 0.135. The first kappa shape index (κ1) is 17.1. The van der Waals surface area contributed by atoms with Crippen LogP contribution >= 0.6 is 0 Å². The molecular weight excluding hydrogens is 321 g/mol. The number of hydrogen-bond acceptors (Lipinski definition) is 3. The van der Waals surface area contributed by atoms with Gasteiger partial charge in [0.2, 0.25) is 10.0 Å². The number of benzene rings is 2. The highest BCUT2D eigenvalue weighted by Crippen LogP contribution is 2.14. The van der Waals surface area contributed by atoms with E-state index in [1.54, 1.807) is 0 Å². The van der Waals surface area contributed by atoms with Crippen LogP contribution < -0.4 is 0 Å². The number of halogens is 1. The maximum Gasteiger partial charge on any atom is 0.335 e. The first-order valence-corrected chi connectivity index (χ1v) is 8.39. The number of carboxylic acids is 1. The third-order valence-electron chi connectivity index (χ3n) is 3.34. The van der Waals surface area contributed by atoms with Gasteiger partial charge in [-0.15, -0.1) is 0 Å². The zero-order valence-corrected chi connectivity index (χ0v) is 13.3. The summed E-state index contributed by atoms with van der Waals surface area (Å²) in [6.07, 6.45) is 0. The summed E-state index contributed by atoms with van der Waals surface area (Å²) in [4.78, 5) is 10.8. The molecule has 0 heterocycles. The molecule has 0 aromatic heterocycles. The quantitative estimate of drug-likeness (QED) is 0.879. The molecule has 0 aliphatic heterocycles. The lowest BCUT2D eigenvalue weighted by molar-refractivity contribution is 0.0697. The van der Waals surface area contributed by atoms with Crippen molar-refractivity contribution in [2.45, 2.75) is 12.3 Å². The molecule has 0 bridgehead atoms. The molecule has 0 saturated heterocycles. The van der Waals surface area contributed by atoms with Gasteiger partial charge in [0.05, 0.1) is 11.3 Å². The Labute approximate surface area is 134 Å². The van der Waals surface area contributed by atoms with Crippen LogP contribution in [0.5, 0.6) is 0 Å². The molecule has 0 radical (unpaired) electrons. The highest BCUT2D eigenvalue weighted by Gasteiger charge is 2.19. The summed E-state index contributed by atoms with van der Waals surface area (Å²) in [5.41, 5.74) is 1.28. The second-order valence-corrected chi connectivity index (χ2v) is 7.22. The van der Waals surface area contributed by atoms with E-state index >= 15 is 0 Å². The van der Waals surface area contributed by atoms with E-state index in [9.17, 15) is 17.6 Å². The third-order valence-corrected chi connectivity index (χ3v) is 5.12. The van der Waals surface area contributed by atoms with Gasteiger partial charge in [0.25, 0.3) is 0 Å². The molecule has 23 heavy (non-hydrogen) atoms. The summed E-state index contributed by atoms with van der Waals surface area (Å²) >= 11 is 0. The molecule has 7 heteroatoms. The Morgan fingerprint density at radius 1 is 1.04 bits per heavy atom. The summed E-state index contributed by atoms with van der Waals surface area (Å²) in [7, 11) is -2.11. The van der Waals surface area contributed by atoms with Gasteiger partial charge in [-0.3, -0.25) is 0 Å². The standard InChI is InChI=1S/C16H16FNO4S/c1-18(10-12-4-8-15(17)9-5-12)23(21,22)11-13-2-6-14(7-3-13)16(19)20/h2-9H,10-11H2,1H3,(H,19,20). The van der Waals surface area contributed by atoms with Crippen molar-refractivity contribution in [3.8, 4) is 0 Å². The van der Waals surface area contributed by atoms with E-state index in [4.69, 9.17) is 5.11 Å². The number of aromatic carboxylic acids is 1. The van der Waals surface area contributed by atoms with Gasteiger partial charge in [-0.2, -0.15) is 0 Å². The van der Waals surface area contributed by atoms with Crippen LogP contribution in [0.25, 0.3) is 0 Å². The minimum atomic E-state index is -3.56. The van der Waals surface area contributed by atoms with Crippen LogP contribution in [0.15, 0.2) is 48.5 Å². The van der Waals surface area contributed by atoms with Crippen LogP contribution in [-0.2, 0) is 22.3 Å². The maximum atomic E-state index is 12.9. The fourth-order valence-electron chi connectivity index (χ4n) is 2.01. The number of nitrogens with zero attached hydrogens (tertiary/aromatic N) is 1. The molecule has 5 nitrogen and oxygen atoms in total. The van der Waals surface area contributed by atoms with Crippen LogP contribution in [-0.4, -0.2) is 30.8 Å². The molecular formula is C16H16FNO4S. The lowest BCUT2D eigenvalue weighted by Gasteiger charge is -2.17. The number of carbonyl (C=O) groups is 1. The first-order valence-electron chi connectivity index (χ1n) is 6.78. The minimum Gasteiger partial charge on any atom is -0.478 e. The third kappa shape index (κ3) is 4.61. The topological polar surface area (TPSA) is 74.7 Å². The summed E-state index contributed by atoms with van der Waals surface area (Å²) in [6, 6.07) is 11.3. The highest BCUT2D eigenvalue weighted by atomic mass is 32.2. The van der Waals surface area contributed by atoms with Gasteiger partial charge >= 0.3 is 5.97 Å². The molecule has 0 aliphatic rings. The SMILES string of the molecule is CN(Cc1ccc(F)cc1)S(=O)(=O)Cc1ccc(C(=O)O)cc1. The molecule has 2 aromatic rings. The molecule has 0 unspecified atom stereocenters. The molecule has 1 N–H and O–H groups in total. The van der Waals surface area contributed by atoms with Gasteiger partial charge in [0, 0.05) is 13.6 Å². The van der Waals surface area contributed by atoms with Gasteiger partial charge in [-0.25, -0.2) is 21.9 Å². The summed E-state index contributed by atoms with van der Waals surface area (Å²) < 4.78 is 38.7. The van der Waals surface area contributed by atoms with Crippen LogP contribution in [0, 0.1) is 5.82 Å². The molecule has 0 spiro atoms. The van der Waals surface area contributed by atoms with Crippen molar-refractivity contribution in [3.05, 3.63) is 71.0 Å². The van der Waals surface area contributed by atoms with Gasteiger partial charge in [-0.1, -0.05) is 24.3 Å². The van der Waals surface area contributed by atoms with E-state index in [0.29, 0.717) is 11.1 Å². The Morgan fingerprint density at radius 3 is 2.09 bits per heavy atom. The molecule has 0 atom stereocenters. The highest BCUT2D eigenvalue weighted by molar-refractivity contribution is 7.88. The molecule has 0 saturated carbocycles. The molecule has 122 valence electrons. The Morgan fingerprint density at radius 2 is 1.57 bits per heavy atom. The number of sulfonamides is 1. The monoisotopic (exact) mass is 337 g/mol. The van der Waals surface area contributed by atoms with Gasteiger partial charge in [0.15, 0.2) is 0 Å². The smallest absolute Gasteiger partial charge is 0.335 e. The molecule has 0 fully saturated rings. The predicted octanol–water partition coefficient (Wildman–Crippen LogP) is 2.49. The second-order valence-electron chi connectivity index (χ2n) is 5.14.